The minimum Gasteiger partial charge on any atom is -0.493 e. The molecule has 0 unspecified atom stereocenters. The van der Waals surface area contributed by atoms with E-state index in [0.717, 1.165) is 25.0 Å². The van der Waals surface area contributed by atoms with Gasteiger partial charge in [0.25, 0.3) is 11.6 Å². The average Bonchev–Trinajstić information content (AvgIpc) is 3.24. The van der Waals surface area contributed by atoms with Gasteiger partial charge in [-0.05, 0) is 12.8 Å². The van der Waals surface area contributed by atoms with Crippen molar-refractivity contribution in [3.05, 3.63) is 28.1 Å². The zero-order valence-corrected chi connectivity index (χ0v) is 13.8. The average molecular weight is 370 g/mol. The van der Waals surface area contributed by atoms with Gasteiger partial charge in [0.2, 0.25) is 0 Å². The lowest BCUT2D eigenvalue weighted by atomic mass is 9.98. The number of alkyl halides is 2. The van der Waals surface area contributed by atoms with Gasteiger partial charge in [0.1, 0.15) is 5.56 Å². The van der Waals surface area contributed by atoms with Crippen molar-refractivity contribution < 1.29 is 27.7 Å². The molecule has 0 bridgehead atoms. The molecule has 9 nitrogen and oxygen atoms in total. The molecule has 0 spiro atoms. The third-order valence-corrected chi connectivity index (χ3v) is 4.29. The van der Waals surface area contributed by atoms with Crippen LogP contribution < -0.4 is 15.2 Å². The molecule has 11 heteroatoms. The summed E-state index contributed by atoms with van der Waals surface area (Å²) < 4.78 is 39.4. The van der Waals surface area contributed by atoms with Crippen LogP contribution in [0.15, 0.2) is 16.7 Å². The normalized spacial score (nSPS) is 16.0. The van der Waals surface area contributed by atoms with Crippen molar-refractivity contribution in [1.82, 2.24) is 10.1 Å². The smallest absolute Gasteiger partial charge is 0.387 e. The van der Waals surface area contributed by atoms with E-state index in [1.54, 1.807) is 0 Å². The number of nitrogens with two attached hydrogens (primary N) is 1. The van der Waals surface area contributed by atoms with Crippen molar-refractivity contribution in [1.29, 1.82) is 0 Å². The molecule has 0 saturated heterocycles. The van der Waals surface area contributed by atoms with E-state index in [9.17, 15) is 18.9 Å². The second-order valence-electron chi connectivity index (χ2n) is 5.94. The quantitative estimate of drug-likeness (QED) is 0.607. The molecule has 26 heavy (non-hydrogen) atoms. The highest BCUT2D eigenvalue weighted by atomic mass is 19.3. The van der Waals surface area contributed by atoms with E-state index in [1.807, 2.05) is 0 Å². The van der Waals surface area contributed by atoms with Crippen LogP contribution in [0.3, 0.4) is 0 Å². The lowest BCUT2D eigenvalue weighted by Gasteiger charge is -2.17. The number of nitro groups is 1. The molecule has 1 aliphatic rings. The van der Waals surface area contributed by atoms with Gasteiger partial charge < -0.3 is 19.7 Å². The summed E-state index contributed by atoms with van der Waals surface area (Å²) in [7, 11) is 1.22. The number of ether oxygens (including phenoxy) is 2. The van der Waals surface area contributed by atoms with Crippen molar-refractivity contribution in [2.75, 3.05) is 7.11 Å². The number of nitro benzene ring substituents is 1. The Morgan fingerprint density at radius 2 is 2.04 bits per heavy atom. The molecule has 0 amide bonds. The first-order chi connectivity index (χ1) is 12.3. The Morgan fingerprint density at radius 1 is 1.35 bits per heavy atom. The molecule has 140 valence electrons. The number of halogens is 2. The van der Waals surface area contributed by atoms with E-state index < -0.39 is 28.5 Å². The third-order valence-electron chi connectivity index (χ3n) is 4.29. The van der Waals surface area contributed by atoms with Gasteiger partial charge in [-0.2, -0.15) is 13.8 Å². The molecule has 1 heterocycles. The lowest BCUT2D eigenvalue weighted by molar-refractivity contribution is -0.384. The van der Waals surface area contributed by atoms with Crippen molar-refractivity contribution >= 4 is 5.69 Å². The Kier molecular flexibility index (Phi) is 4.72. The molecule has 0 atom stereocenters. The molecule has 1 aliphatic carbocycles. The summed E-state index contributed by atoms with van der Waals surface area (Å²) in [4.78, 5) is 14.8. The minimum absolute atomic E-state index is 0.0752. The number of benzene rings is 1. The van der Waals surface area contributed by atoms with Gasteiger partial charge in [0, 0.05) is 6.07 Å². The van der Waals surface area contributed by atoms with Crippen molar-refractivity contribution in [3.8, 4) is 23.0 Å². The monoisotopic (exact) mass is 370 g/mol. The summed E-state index contributed by atoms with van der Waals surface area (Å²) in [5.41, 5.74) is 4.91. The topological polar surface area (TPSA) is 127 Å². The number of methoxy groups -OCH3 is 1. The van der Waals surface area contributed by atoms with Crippen LogP contribution in [0.25, 0.3) is 11.5 Å². The van der Waals surface area contributed by atoms with E-state index in [-0.39, 0.29) is 23.0 Å². The Balaban J connectivity index is 2.06. The highest BCUT2D eigenvalue weighted by molar-refractivity contribution is 5.72. The molecule has 1 aromatic carbocycles. The summed E-state index contributed by atoms with van der Waals surface area (Å²) in [6, 6.07) is 1.98. The first-order valence-corrected chi connectivity index (χ1v) is 7.79. The largest absolute Gasteiger partial charge is 0.493 e. The summed E-state index contributed by atoms with van der Waals surface area (Å²) in [5.74, 6) is -0.491. The van der Waals surface area contributed by atoms with Gasteiger partial charge in [-0.1, -0.05) is 18.0 Å². The van der Waals surface area contributed by atoms with Gasteiger partial charge in [-0.15, -0.1) is 0 Å². The molecule has 0 radical (unpaired) electrons. The number of aromatic nitrogens is 2. The van der Waals surface area contributed by atoms with Crippen LogP contribution >= 0.6 is 0 Å². The van der Waals surface area contributed by atoms with Crippen LogP contribution in [-0.2, 0) is 5.54 Å². The predicted molar refractivity (Wildman–Crippen MR) is 83.9 cm³/mol. The Morgan fingerprint density at radius 3 is 2.62 bits per heavy atom. The predicted octanol–water partition coefficient (Wildman–Crippen LogP) is 2.98. The van der Waals surface area contributed by atoms with Crippen LogP contribution in [0, 0.1) is 10.1 Å². The number of rotatable bonds is 6. The summed E-state index contributed by atoms with van der Waals surface area (Å²) >= 11 is 0. The van der Waals surface area contributed by atoms with Crippen LogP contribution in [-0.4, -0.2) is 28.8 Å². The second kappa shape index (κ2) is 6.83. The molecule has 2 N–H and O–H groups in total. The fraction of sp³-hybridized carbons (Fsp3) is 0.467. The van der Waals surface area contributed by atoms with Gasteiger partial charge in [0.05, 0.1) is 23.6 Å². The maximum Gasteiger partial charge on any atom is 0.387 e. The van der Waals surface area contributed by atoms with Gasteiger partial charge >= 0.3 is 6.61 Å². The fourth-order valence-electron chi connectivity index (χ4n) is 2.98. The number of hydrogen-bond acceptors (Lipinski definition) is 8. The van der Waals surface area contributed by atoms with Gasteiger partial charge in [-0.3, -0.25) is 10.1 Å². The molecule has 2 aromatic rings. The maximum absolute atomic E-state index is 12.5. The van der Waals surface area contributed by atoms with Gasteiger partial charge in [-0.25, -0.2) is 0 Å². The Bertz CT molecular complexity index is 820. The van der Waals surface area contributed by atoms with Crippen molar-refractivity contribution in [2.45, 2.75) is 37.8 Å². The van der Waals surface area contributed by atoms with Crippen LogP contribution in [0.4, 0.5) is 14.5 Å². The van der Waals surface area contributed by atoms with E-state index in [0.29, 0.717) is 12.8 Å². The molecule has 3 rings (SSSR count). The zero-order valence-electron chi connectivity index (χ0n) is 13.8. The lowest BCUT2D eigenvalue weighted by Crippen LogP contribution is -2.34. The van der Waals surface area contributed by atoms with E-state index in [2.05, 4.69) is 14.9 Å². The second-order valence-corrected chi connectivity index (χ2v) is 5.94. The van der Waals surface area contributed by atoms with Crippen LogP contribution in [0.2, 0.25) is 0 Å². The zero-order chi connectivity index (χ0) is 18.9. The summed E-state index contributed by atoms with van der Waals surface area (Å²) in [6.45, 7) is -3.16. The maximum atomic E-state index is 12.5. The number of nitrogens with zero attached hydrogens (tertiary/aromatic N) is 3. The van der Waals surface area contributed by atoms with E-state index >= 15 is 0 Å². The third kappa shape index (κ3) is 3.29. The van der Waals surface area contributed by atoms with Crippen LogP contribution in [0.1, 0.15) is 31.5 Å². The molecular formula is C15H16F2N4O5. The van der Waals surface area contributed by atoms with Gasteiger partial charge in [0.15, 0.2) is 17.3 Å². The SMILES string of the molecule is COc1cc(-c2nc(C3(N)CCCC3)no2)c([N+](=O)[O-])cc1OC(F)F. The minimum atomic E-state index is -3.16. The fourth-order valence-corrected chi connectivity index (χ4v) is 2.98. The summed E-state index contributed by atoms with van der Waals surface area (Å²) in [5, 5.41) is 15.2. The highest BCUT2D eigenvalue weighted by Gasteiger charge is 2.37. The first-order valence-electron chi connectivity index (χ1n) is 7.79. The molecule has 1 aromatic heterocycles. The van der Waals surface area contributed by atoms with Crippen molar-refractivity contribution in [3.63, 3.8) is 0 Å². The molecule has 0 aliphatic heterocycles. The molecule has 1 saturated carbocycles. The van der Waals surface area contributed by atoms with E-state index in [1.165, 1.54) is 7.11 Å². The Labute approximate surface area is 146 Å². The standard InChI is InChI=1S/C15H16F2N4O5/c1-24-10-6-8(9(21(22)23)7-11(10)25-14(16)17)12-19-13(20-26-12)15(18)4-2-3-5-15/h6-7,14H,2-5,18H2,1H3. The molecular weight excluding hydrogens is 354 g/mol. The van der Waals surface area contributed by atoms with Crippen LogP contribution in [0.5, 0.6) is 11.5 Å². The van der Waals surface area contributed by atoms with Crippen molar-refractivity contribution in [2.24, 2.45) is 5.73 Å². The number of hydrogen-bond donors (Lipinski definition) is 1. The van der Waals surface area contributed by atoms with E-state index in [4.69, 9.17) is 15.0 Å². The molecule has 1 fully saturated rings. The highest BCUT2D eigenvalue weighted by Crippen LogP contribution is 2.41. The Hall–Kier alpha value is -2.82. The first kappa shape index (κ1) is 18.0. The summed E-state index contributed by atoms with van der Waals surface area (Å²) in [6.07, 6.45) is 3.21.